The average Bonchev–Trinajstić information content (AvgIpc) is 2.70. The van der Waals surface area contributed by atoms with Gasteiger partial charge in [0.1, 0.15) is 0 Å². The van der Waals surface area contributed by atoms with Gasteiger partial charge in [0.05, 0.1) is 28.3 Å². The maximum absolute atomic E-state index is 6.14. The van der Waals surface area contributed by atoms with Crippen molar-refractivity contribution in [1.29, 1.82) is 0 Å². The normalized spacial score (nSPS) is 10.9. The van der Waals surface area contributed by atoms with Gasteiger partial charge in [-0.2, -0.15) is 0 Å². The van der Waals surface area contributed by atoms with Gasteiger partial charge in [-0.3, -0.25) is 4.98 Å². The molecule has 0 radical (unpaired) electrons. The van der Waals surface area contributed by atoms with E-state index in [0.717, 1.165) is 16.7 Å². The van der Waals surface area contributed by atoms with Gasteiger partial charge in [-0.15, -0.1) is 0 Å². The zero-order chi connectivity index (χ0) is 12.5. The summed E-state index contributed by atoms with van der Waals surface area (Å²) in [6, 6.07) is 11.6. The highest BCUT2D eigenvalue weighted by molar-refractivity contribution is 7.71. The minimum absolute atomic E-state index is 0.639. The van der Waals surface area contributed by atoms with Crippen LogP contribution >= 0.6 is 23.8 Å². The number of nitrogens with zero attached hydrogens (tertiary/aromatic N) is 2. The number of fused-ring (bicyclic) bond motifs is 1. The number of hydrogen-bond acceptors (Lipinski definition) is 2. The van der Waals surface area contributed by atoms with Crippen molar-refractivity contribution in [2.24, 2.45) is 0 Å². The van der Waals surface area contributed by atoms with Crippen LogP contribution in [0, 0.1) is 4.77 Å². The number of aromatic nitrogens is 3. The number of benzene rings is 1. The third-order valence-electron chi connectivity index (χ3n) is 2.81. The zero-order valence-electron chi connectivity index (χ0n) is 9.43. The molecule has 5 heteroatoms. The van der Waals surface area contributed by atoms with Gasteiger partial charge < -0.3 is 9.55 Å². The van der Waals surface area contributed by atoms with Crippen LogP contribution in [0.2, 0.25) is 5.02 Å². The number of nitrogens with one attached hydrogen (secondary N) is 1. The third kappa shape index (κ3) is 1.94. The summed E-state index contributed by atoms with van der Waals surface area (Å²) in [5.74, 6) is 0. The van der Waals surface area contributed by atoms with Crippen LogP contribution in [0.4, 0.5) is 0 Å². The molecule has 1 aromatic carbocycles. The van der Waals surface area contributed by atoms with E-state index in [2.05, 4.69) is 9.97 Å². The van der Waals surface area contributed by atoms with E-state index in [1.54, 1.807) is 6.20 Å². The minimum Gasteiger partial charge on any atom is -0.329 e. The lowest BCUT2D eigenvalue weighted by atomic mass is 10.3. The minimum atomic E-state index is 0.639. The molecule has 0 aliphatic rings. The van der Waals surface area contributed by atoms with Crippen LogP contribution < -0.4 is 0 Å². The van der Waals surface area contributed by atoms with Gasteiger partial charge in [0.2, 0.25) is 0 Å². The number of para-hydroxylation sites is 1. The van der Waals surface area contributed by atoms with E-state index in [-0.39, 0.29) is 0 Å². The summed E-state index contributed by atoms with van der Waals surface area (Å²) in [4.78, 5) is 7.44. The van der Waals surface area contributed by atoms with Crippen molar-refractivity contribution >= 4 is 34.9 Å². The predicted molar refractivity (Wildman–Crippen MR) is 75.5 cm³/mol. The van der Waals surface area contributed by atoms with Crippen molar-refractivity contribution in [3.05, 3.63) is 58.1 Å². The first-order chi connectivity index (χ1) is 8.75. The number of hydrogen-bond donors (Lipinski definition) is 1. The average molecular weight is 276 g/mol. The lowest BCUT2D eigenvalue weighted by Crippen LogP contribution is -2.01. The van der Waals surface area contributed by atoms with Gasteiger partial charge in [0, 0.05) is 6.20 Å². The van der Waals surface area contributed by atoms with Crippen LogP contribution in [-0.4, -0.2) is 14.5 Å². The molecular weight excluding hydrogens is 266 g/mol. The van der Waals surface area contributed by atoms with Crippen LogP contribution in [-0.2, 0) is 6.54 Å². The highest BCUT2D eigenvalue weighted by Crippen LogP contribution is 2.22. The molecule has 0 unspecified atom stereocenters. The molecule has 18 heavy (non-hydrogen) atoms. The molecule has 0 aliphatic carbocycles. The van der Waals surface area contributed by atoms with Gasteiger partial charge >= 0.3 is 0 Å². The Bertz CT molecular complexity index is 746. The van der Waals surface area contributed by atoms with Crippen molar-refractivity contribution < 1.29 is 0 Å². The topological polar surface area (TPSA) is 33.6 Å². The van der Waals surface area contributed by atoms with Gasteiger partial charge in [-0.1, -0.05) is 23.7 Å². The molecule has 0 saturated heterocycles. The van der Waals surface area contributed by atoms with Gasteiger partial charge in [0.25, 0.3) is 0 Å². The fourth-order valence-electron chi connectivity index (χ4n) is 1.96. The molecule has 90 valence electrons. The Balaban J connectivity index is 2.15. The predicted octanol–water partition coefficient (Wildman–Crippen LogP) is 3.80. The molecule has 1 N–H and O–H groups in total. The monoisotopic (exact) mass is 275 g/mol. The Labute approximate surface area is 114 Å². The second-order valence-electron chi connectivity index (χ2n) is 3.97. The standard InChI is InChI=1S/C13H10ClN3S/c14-10-5-3-6-11-12(10)16-13(18)17(11)8-9-4-1-2-7-15-9/h1-7H,8H2,(H,16,18). The summed E-state index contributed by atoms with van der Waals surface area (Å²) in [7, 11) is 0. The van der Waals surface area contributed by atoms with Crippen molar-refractivity contribution in [2.45, 2.75) is 6.54 Å². The quantitative estimate of drug-likeness (QED) is 0.722. The highest BCUT2D eigenvalue weighted by Gasteiger charge is 2.07. The molecule has 3 rings (SSSR count). The molecular formula is C13H10ClN3S. The van der Waals surface area contributed by atoms with E-state index in [1.807, 2.05) is 41.0 Å². The SMILES string of the molecule is S=c1[nH]c2c(Cl)cccc2n1Cc1ccccn1. The lowest BCUT2D eigenvalue weighted by Gasteiger charge is -2.03. The van der Waals surface area contributed by atoms with Crippen LogP contribution in [0.3, 0.4) is 0 Å². The zero-order valence-corrected chi connectivity index (χ0v) is 11.0. The third-order valence-corrected chi connectivity index (χ3v) is 3.44. The molecule has 3 nitrogen and oxygen atoms in total. The maximum Gasteiger partial charge on any atom is 0.178 e. The lowest BCUT2D eigenvalue weighted by molar-refractivity contribution is 0.785. The van der Waals surface area contributed by atoms with Crippen LogP contribution in [0.1, 0.15) is 5.69 Å². The highest BCUT2D eigenvalue weighted by atomic mass is 35.5. The Morgan fingerprint density at radius 1 is 1.22 bits per heavy atom. The van der Waals surface area contributed by atoms with E-state index >= 15 is 0 Å². The number of halogens is 1. The Morgan fingerprint density at radius 3 is 2.89 bits per heavy atom. The largest absolute Gasteiger partial charge is 0.329 e. The first kappa shape index (κ1) is 11.4. The molecule has 0 bridgehead atoms. The van der Waals surface area contributed by atoms with E-state index in [9.17, 15) is 0 Å². The molecule has 2 heterocycles. The summed E-state index contributed by atoms with van der Waals surface area (Å²) >= 11 is 11.5. The van der Waals surface area contributed by atoms with E-state index in [1.165, 1.54) is 0 Å². The van der Waals surface area contributed by atoms with Gasteiger partial charge in [0.15, 0.2) is 4.77 Å². The van der Waals surface area contributed by atoms with E-state index < -0.39 is 0 Å². The summed E-state index contributed by atoms with van der Waals surface area (Å²) < 4.78 is 2.66. The second kappa shape index (κ2) is 4.55. The molecule has 0 fully saturated rings. The van der Waals surface area contributed by atoms with Crippen LogP contribution in [0.5, 0.6) is 0 Å². The Morgan fingerprint density at radius 2 is 2.11 bits per heavy atom. The number of aromatic amines is 1. The van der Waals surface area contributed by atoms with E-state index in [4.69, 9.17) is 23.8 Å². The molecule has 0 saturated carbocycles. The number of imidazole rings is 1. The van der Waals surface area contributed by atoms with E-state index in [0.29, 0.717) is 16.3 Å². The van der Waals surface area contributed by atoms with Gasteiger partial charge in [-0.25, -0.2) is 0 Å². The first-order valence-corrected chi connectivity index (χ1v) is 6.31. The smallest absolute Gasteiger partial charge is 0.178 e. The summed E-state index contributed by atoms with van der Waals surface area (Å²) in [6.07, 6.45) is 1.78. The molecule has 0 spiro atoms. The Kier molecular flexibility index (Phi) is 2.89. The summed E-state index contributed by atoms with van der Waals surface area (Å²) in [5.41, 5.74) is 2.84. The fourth-order valence-corrected chi connectivity index (χ4v) is 2.44. The molecule has 0 atom stereocenters. The first-order valence-electron chi connectivity index (χ1n) is 5.52. The molecule has 3 aromatic rings. The van der Waals surface area contributed by atoms with Crippen molar-refractivity contribution in [1.82, 2.24) is 14.5 Å². The van der Waals surface area contributed by atoms with Crippen molar-refractivity contribution in [3.63, 3.8) is 0 Å². The number of H-pyrrole nitrogens is 1. The second-order valence-corrected chi connectivity index (χ2v) is 4.77. The molecule has 0 amide bonds. The summed E-state index contributed by atoms with van der Waals surface area (Å²) in [5, 5.41) is 0.679. The van der Waals surface area contributed by atoms with Crippen LogP contribution in [0.15, 0.2) is 42.6 Å². The molecule has 2 aromatic heterocycles. The van der Waals surface area contributed by atoms with Crippen LogP contribution in [0.25, 0.3) is 11.0 Å². The molecule has 0 aliphatic heterocycles. The van der Waals surface area contributed by atoms with Gasteiger partial charge in [-0.05, 0) is 36.5 Å². The van der Waals surface area contributed by atoms with Crippen molar-refractivity contribution in [3.8, 4) is 0 Å². The fraction of sp³-hybridized carbons (Fsp3) is 0.0769. The number of rotatable bonds is 2. The number of pyridine rings is 1. The Hall–Kier alpha value is -1.65. The summed E-state index contributed by atoms with van der Waals surface area (Å²) in [6.45, 7) is 0.639. The maximum atomic E-state index is 6.14. The van der Waals surface area contributed by atoms with Crippen molar-refractivity contribution in [2.75, 3.05) is 0 Å².